The molecule has 2 aliphatic heterocycles. The summed E-state index contributed by atoms with van der Waals surface area (Å²) in [6.45, 7) is 6.73. The highest BCUT2D eigenvalue weighted by atomic mass is 79.9. The number of anilines is 3. The summed E-state index contributed by atoms with van der Waals surface area (Å²) in [5.41, 5.74) is 6.09. The summed E-state index contributed by atoms with van der Waals surface area (Å²) in [6, 6.07) is 11.9. The molecule has 5 rings (SSSR count). The van der Waals surface area contributed by atoms with E-state index in [4.69, 9.17) is 0 Å². The van der Waals surface area contributed by atoms with Crippen LogP contribution in [0, 0.1) is 6.92 Å². The standard InChI is InChI=1S/C25H27BrN6O/c1-17-14-19(4-5-20(17)24-27-7-3-8-28-24)29-25(33)32-9-6-18-15-21(26)23(16-22(18)32)31-12-10-30(2)11-13-31/h3-5,7-8,14-16H,6,9-13H2,1-2H3,(H,29,33). The topological polar surface area (TPSA) is 64.6 Å². The van der Waals surface area contributed by atoms with Crippen molar-refractivity contribution >= 4 is 39.0 Å². The van der Waals surface area contributed by atoms with Crippen molar-refractivity contribution in [2.24, 2.45) is 0 Å². The van der Waals surface area contributed by atoms with Gasteiger partial charge in [0.1, 0.15) is 0 Å². The molecule has 1 fully saturated rings. The van der Waals surface area contributed by atoms with E-state index in [1.54, 1.807) is 18.5 Å². The zero-order valence-corrected chi connectivity index (χ0v) is 20.5. The Hall–Kier alpha value is -2.97. The van der Waals surface area contributed by atoms with Gasteiger partial charge >= 0.3 is 6.03 Å². The summed E-state index contributed by atoms with van der Waals surface area (Å²) in [5.74, 6) is 0.684. The maximum atomic E-state index is 13.2. The highest BCUT2D eigenvalue weighted by Gasteiger charge is 2.28. The van der Waals surface area contributed by atoms with Gasteiger partial charge in [0, 0.05) is 60.8 Å². The predicted molar refractivity (Wildman–Crippen MR) is 136 cm³/mol. The van der Waals surface area contributed by atoms with Crippen LogP contribution in [-0.4, -0.2) is 60.7 Å². The molecule has 7 nitrogen and oxygen atoms in total. The Labute approximate surface area is 202 Å². The number of benzene rings is 2. The smallest absolute Gasteiger partial charge is 0.326 e. The SMILES string of the molecule is Cc1cc(NC(=O)N2CCc3cc(Br)c(N4CCN(C)CC4)cc32)ccc1-c1ncccn1. The van der Waals surface area contributed by atoms with Crippen molar-refractivity contribution in [3.05, 3.63) is 64.4 Å². The van der Waals surface area contributed by atoms with Gasteiger partial charge in [0.15, 0.2) is 5.82 Å². The van der Waals surface area contributed by atoms with Gasteiger partial charge < -0.3 is 15.1 Å². The first kappa shape index (κ1) is 21.9. The number of likely N-dealkylation sites (N-methyl/N-ethyl adjacent to an activating group) is 1. The number of carbonyl (C=O) groups is 1. The normalized spacial score (nSPS) is 16.1. The van der Waals surface area contributed by atoms with E-state index in [-0.39, 0.29) is 6.03 Å². The second-order valence-corrected chi connectivity index (χ2v) is 9.51. The van der Waals surface area contributed by atoms with E-state index < -0.39 is 0 Å². The first-order chi connectivity index (χ1) is 16.0. The molecule has 0 spiro atoms. The molecule has 0 atom stereocenters. The van der Waals surface area contributed by atoms with Gasteiger partial charge in [-0.05, 0) is 83.8 Å². The first-order valence-corrected chi connectivity index (χ1v) is 12.0. The van der Waals surface area contributed by atoms with Crippen molar-refractivity contribution in [2.45, 2.75) is 13.3 Å². The number of aromatic nitrogens is 2. The van der Waals surface area contributed by atoms with Crippen molar-refractivity contribution in [3.8, 4) is 11.4 Å². The number of piperazine rings is 1. The van der Waals surface area contributed by atoms with E-state index in [1.165, 1.54) is 5.56 Å². The minimum absolute atomic E-state index is 0.108. The molecule has 3 aromatic rings. The number of halogens is 1. The molecule has 170 valence electrons. The van der Waals surface area contributed by atoms with Gasteiger partial charge in [-0.1, -0.05) is 0 Å². The molecule has 33 heavy (non-hydrogen) atoms. The van der Waals surface area contributed by atoms with Gasteiger partial charge in [0.25, 0.3) is 0 Å². The van der Waals surface area contributed by atoms with Crippen molar-refractivity contribution in [1.29, 1.82) is 0 Å². The number of amides is 2. The fraction of sp³-hybridized carbons (Fsp3) is 0.320. The number of urea groups is 1. The Kier molecular flexibility index (Phi) is 6.03. The van der Waals surface area contributed by atoms with Crippen LogP contribution in [0.25, 0.3) is 11.4 Å². The predicted octanol–water partition coefficient (Wildman–Crippen LogP) is 4.56. The van der Waals surface area contributed by atoms with Crippen LogP contribution in [0.2, 0.25) is 0 Å². The molecule has 0 radical (unpaired) electrons. The van der Waals surface area contributed by atoms with E-state index in [0.29, 0.717) is 12.4 Å². The third-order valence-corrected chi connectivity index (χ3v) is 7.05. The molecule has 2 amide bonds. The number of aryl methyl sites for hydroxylation is 1. The summed E-state index contributed by atoms with van der Waals surface area (Å²) >= 11 is 3.76. The van der Waals surface area contributed by atoms with Crippen molar-refractivity contribution < 1.29 is 4.79 Å². The zero-order chi connectivity index (χ0) is 22.9. The molecule has 2 aliphatic rings. The zero-order valence-electron chi connectivity index (χ0n) is 18.9. The molecule has 0 unspecified atom stereocenters. The van der Waals surface area contributed by atoms with Crippen molar-refractivity contribution in [3.63, 3.8) is 0 Å². The first-order valence-electron chi connectivity index (χ1n) is 11.2. The van der Waals surface area contributed by atoms with E-state index in [2.05, 4.69) is 60.2 Å². The number of rotatable bonds is 3. The highest BCUT2D eigenvalue weighted by Crippen LogP contribution is 2.38. The lowest BCUT2D eigenvalue weighted by atomic mass is 10.1. The molecular formula is C25H27BrN6O. The van der Waals surface area contributed by atoms with Crippen LogP contribution in [0.4, 0.5) is 21.9 Å². The Bertz CT molecular complexity index is 1180. The third-order valence-electron chi connectivity index (χ3n) is 6.42. The van der Waals surface area contributed by atoms with Crippen LogP contribution in [0.1, 0.15) is 11.1 Å². The lowest BCUT2D eigenvalue weighted by Gasteiger charge is -2.35. The van der Waals surface area contributed by atoms with Crippen LogP contribution in [0.3, 0.4) is 0 Å². The minimum atomic E-state index is -0.108. The lowest BCUT2D eigenvalue weighted by molar-refractivity contribution is 0.257. The van der Waals surface area contributed by atoms with E-state index in [0.717, 1.165) is 65.3 Å². The Morgan fingerprint density at radius 1 is 1.00 bits per heavy atom. The van der Waals surface area contributed by atoms with Crippen molar-refractivity contribution in [2.75, 3.05) is 54.9 Å². The molecule has 1 N–H and O–H groups in total. The van der Waals surface area contributed by atoms with Crippen LogP contribution in [0.15, 0.2) is 53.3 Å². The number of hydrogen-bond donors (Lipinski definition) is 1. The summed E-state index contributed by atoms with van der Waals surface area (Å²) in [6.07, 6.45) is 4.32. The molecule has 8 heteroatoms. The molecular weight excluding hydrogens is 480 g/mol. The number of fused-ring (bicyclic) bond motifs is 1. The van der Waals surface area contributed by atoms with Gasteiger partial charge in [-0.3, -0.25) is 4.90 Å². The average Bonchev–Trinajstić information content (AvgIpc) is 3.22. The van der Waals surface area contributed by atoms with E-state index in [1.807, 2.05) is 30.0 Å². The minimum Gasteiger partial charge on any atom is -0.368 e. The Morgan fingerprint density at radius 3 is 2.48 bits per heavy atom. The van der Waals surface area contributed by atoms with Gasteiger partial charge in [0.05, 0.1) is 11.4 Å². The summed E-state index contributed by atoms with van der Waals surface area (Å²) in [7, 11) is 2.16. The highest BCUT2D eigenvalue weighted by molar-refractivity contribution is 9.10. The summed E-state index contributed by atoms with van der Waals surface area (Å²) in [5, 5.41) is 3.08. The van der Waals surface area contributed by atoms with Crippen molar-refractivity contribution in [1.82, 2.24) is 14.9 Å². The summed E-state index contributed by atoms with van der Waals surface area (Å²) < 4.78 is 1.10. The largest absolute Gasteiger partial charge is 0.368 e. The number of carbonyl (C=O) groups excluding carboxylic acids is 1. The van der Waals surface area contributed by atoms with Gasteiger partial charge in [-0.25, -0.2) is 14.8 Å². The van der Waals surface area contributed by atoms with Gasteiger partial charge in [0.2, 0.25) is 0 Å². The second kappa shape index (κ2) is 9.11. The maximum Gasteiger partial charge on any atom is 0.326 e. The number of nitrogens with zero attached hydrogens (tertiary/aromatic N) is 5. The lowest BCUT2D eigenvalue weighted by Crippen LogP contribution is -2.44. The van der Waals surface area contributed by atoms with Crippen LogP contribution in [0.5, 0.6) is 0 Å². The van der Waals surface area contributed by atoms with Crippen LogP contribution in [-0.2, 0) is 6.42 Å². The van der Waals surface area contributed by atoms with E-state index >= 15 is 0 Å². The third kappa shape index (κ3) is 4.45. The van der Waals surface area contributed by atoms with Gasteiger partial charge in [-0.15, -0.1) is 0 Å². The quantitative estimate of drug-likeness (QED) is 0.563. The molecule has 2 aromatic carbocycles. The molecule has 1 saturated heterocycles. The molecule has 0 aliphatic carbocycles. The average molecular weight is 507 g/mol. The number of hydrogen-bond acceptors (Lipinski definition) is 5. The fourth-order valence-corrected chi connectivity index (χ4v) is 5.16. The van der Waals surface area contributed by atoms with Crippen LogP contribution < -0.4 is 15.1 Å². The number of nitrogens with one attached hydrogen (secondary N) is 1. The Balaban J connectivity index is 1.35. The molecule has 0 saturated carbocycles. The Morgan fingerprint density at radius 2 is 1.76 bits per heavy atom. The maximum absolute atomic E-state index is 13.2. The molecule has 3 heterocycles. The van der Waals surface area contributed by atoms with Gasteiger partial charge in [-0.2, -0.15) is 0 Å². The molecule has 1 aromatic heterocycles. The monoisotopic (exact) mass is 506 g/mol. The second-order valence-electron chi connectivity index (χ2n) is 8.66. The fourth-order valence-electron chi connectivity index (χ4n) is 4.52. The van der Waals surface area contributed by atoms with E-state index in [9.17, 15) is 4.79 Å². The molecule has 0 bridgehead atoms. The van der Waals surface area contributed by atoms with Crippen LogP contribution >= 0.6 is 15.9 Å². The summed E-state index contributed by atoms with van der Waals surface area (Å²) in [4.78, 5) is 28.5.